The Bertz CT molecular complexity index is 951. The van der Waals surface area contributed by atoms with E-state index in [1.807, 2.05) is 0 Å². The maximum Gasteiger partial charge on any atom is 0.0904 e. The minimum absolute atomic E-state index is 0.946. The molecule has 0 saturated heterocycles. The Hall–Kier alpha value is -3.04. The smallest absolute Gasteiger partial charge is 0.0904 e. The van der Waals surface area contributed by atoms with Crippen molar-refractivity contribution >= 4 is 11.4 Å². The quantitative estimate of drug-likeness (QED) is 0.433. The van der Waals surface area contributed by atoms with Crippen molar-refractivity contribution in [2.75, 3.05) is 26.3 Å². The summed E-state index contributed by atoms with van der Waals surface area (Å²) in [5.74, 6) is 0. The molecule has 4 rings (SSSR count). The van der Waals surface area contributed by atoms with Gasteiger partial charge in [-0.1, -0.05) is 91.0 Å². The van der Waals surface area contributed by atoms with E-state index in [9.17, 15) is 0 Å². The van der Waals surface area contributed by atoms with Crippen molar-refractivity contribution in [1.29, 1.82) is 0 Å². The van der Waals surface area contributed by atoms with Gasteiger partial charge in [0, 0.05) is 19.6 Å². The van der Waals surface area contributed by atoms with Crippen molar-refractivity contribution in [1.82, 2.24) is 15.1 Å². The Labute approximate surface area is 187 Å². The van der Waals surface area contributed by atoms with Crippen LogP contribution in [0.25, 0.3) is 11.4 Å². The largest absolute Gasteiger partial charge is 0.352 e. The normalized spacial score (nSPS) is 13.8. The molecule has 31 heavy (non-hydrogen) atoms. The monoisotopic (exact) mass is 411 g/mol. The molecule has 0 atom stereocenters. The van der Waals surface area contributed by atoms with Crippen LogP contribution in [0.2, 0.25) is 0 Å². The fourth-order valence-electron chi connectivity index (χ4n) is 4.30. The van der Waals surface area contributed by atoms with Gasteiger partial charge in [0.2, 0.25) is 0 Å². The molecule has 0 saturated carbocycles. The first-order valence-electron chi connectivity index (χ1n) is 11.5. The third-order valence-corrected chi connectivity index (χ3v) is 5.88. The molecule has 0 fully saturated rings. The summed E-state index contributed by atoms with van der Waals surface area (Å²) in [6.45, 7) is 7.29. The van der Waals surface area contributed by atoms with E-state index in [1.165, 1.54) is 40.9 Å². The Balaban J connectivity index is 1.43. The molecule has 1 aliphatic rings. The highest BCUT2D eigenvalue weighted by molar-refractivity contribution is 5.90. The SMILES string of the molecule is CCN1CN(CCCCNCc2ccccc2)C(c2ccccc2)=C1c1ccccc1. The molecule has 1 aliphatic heterocycles. The lowest BCUT2D eigenvalue weighted by atomic mass is 10.0. The first-order chi connectivity index (χ1) is 15.4. The van der Waals surface area contributed by atoms with Crippen LogP contribution in [0.15, 0.2) is 91.0 Å². The molecule has 1 N–H and O–H groups in total. The zero-order valence-electron chi connectivity index (χ0n) is 18.5. The van der Waals surface area contributed by atoms with Gasteiger partial charge in [-0.2, -0.15) is 0 Å². The second-order valence-electron chi connectivity index (χ2n) is 8.06. The summed E-state index contributed by atoms with van der Waals surface area (Å²) in [6.07, 6.45) is 2.36. The molecule has 160 valence electrons. The molecule has 1 heterocycles. The van der Waals surface area contributed by atoms with Crippen molar-refractivity contribution < 1.29 is 0 Å². The number of benzene rings is 3. The van der Waals surface area contributed by atoms with E-state index >= 15 is 0 Å². The maximum absolute atomic E-state index is 3.58. The minimum Gasteiger partial charge on any atom is -0.352 e. The van der Waals surface area contributed by atoms with Gasteiger partial charge in [-0.25, -0.2) is 0 Å². The number of hydrogen-bond acceptors (Lipinski definition) is 3. The Morgan fingerprint density at radius 3 is 1.81 bits per heavy atom. The first-order valence-corrected chi connectivity index (χ1v) is 11.5. The number of unbranched alkanes of at least 4 members (excludes halogenated alkanes) is 1. The summed E-state index contributed by atoms with van der Waals surface area (Å²) in [5.41, 5.74) is 6.68. The molecule has 0 bridgehead atoms. The number of nitrogens with zero attached hydrogens (tertiary/aromatic N) is 2. The van der Waals surface area contributed by atoms with E-state index in [0.29, 0.717) is 0 Å². The summed E-state index contributed by atoms with van der Waals surface area (Å²) < 4.78 is 0. The van der Waals surface area contributed by atoms with Crippen molar-refractivity contribution in [2.45, 2.75) is 26.3 Å². The highest BCUT2D eigenvalue weighted by atomic mass is 15.4. The molecule has 0 spiro atoms. The first kappa shape index (κ1) is 21.2. The summed E-state index contributed by atoms with van der Waals surface area (Å²) in [4.78, 5) is 5.07. The standard InChI is InChI=1S/C28H33N3/c1-2-30-23-31(21-13-12-20-29-22-24-14-6-3-7-15-24)28(26-18-10-5-11-19-26)27(30)25-16-8-4-9-17-25/h3-11,14-19,29H,2,12-13,20-23H2,1H3. The van der Waals surface area contributed by atoms with E-state index in [1.54, 1.807) is 0 Å². The lowest BCUT2D eigenvalue weighted by molar-refractivity contribution is 0.283. The van der Waals surface area contributed by atoms with Crippen LogP contribution in [0.3, 0.4) is 0 Å². The van der Waals surface area contributed by atoms with Gasteiger partial charge < -0.3 is 15.1 Å². The Morgan fingerprint density at radius 1 is 0.677 bits per heavy atom. The third kappa shape index (κ3) is 5.36. The molecule has 0 radical (unpaired) electrons. The van der Waals surface area contributed by atoms with Gasteiger partial charge >= 0.3 is 0 Å². The highest BCUT2D eigenvalue weighted by Crippen LogP contribution is 2.37. The summed E-state index contributed by atoms with van der Waals surface area (Å²) in [7, 11) is 0. The highest BCUT2D eigenvalue weighted by Gasteiger charge is 2.29. The molecule has 3 aromatic carbocycles. The van der Waals surface area contributed by atoms with Crippen molar-refractivity contribution in [3.05, 3.63) is 108 Å². The van der Waals surface area contributed by atoms with Gasteiger partial charge in [0.1, 0.15) is 0 Å². The molecular weight excluding hydrogens is 378 g/mol. The molecule has 0 aliphatic carbocycles. The summed E-state index contributed by atoms with van der Waals surface area (Å²) >= 11 is 0. The molecule has 3 aromatic rings. The average molecular weight is 412 g/mol. The van der Waals surface area contributed by atoms with Gasteiger partial charge in [-0.05, 0) is 43.0 Å². The molecule has 3 nitrogen and oxygen atoms in total. The van der Waals surface area contributed by atoms with Crippen LogP contribution in [0.1, 0.15) is 36.5 Å². The number of nitrogens with one attached hydrogen (secondary N) is 1. The van der Waals surface area contributed by atoms with Gasteiger partial charge in [0.15, 0.2) is 0 Å². The van der Waals surface area contributed by atoms with Crippen LogP contribution in [0.4, 0.5) is 0 Å². The van der Waals surface area contributed by atoms with Crippen LogP contribution < -0.4 is 5.32 Å². The topological polar surface area (TPSA) is 18.5 Å². The van der Waals surface area contributed by atoms with Crippen LogP contribution >= 0.6 is 0 Å². The van der Waals surface area contributed by atoms with Gasteiger partial charge in [-0.3, -0.25) is 0 Å². The second kappa shape index (κ2) is 10.8. The minimum atomic E-state index is 0.946. The van der Waals surface area contributed by atoms with E-state index in [-0.39, 0.29) is 0 Å². The fourth-order valence-corrected chi connectivity index (χ4v) is 4.30. The van der Waals surface area contributed by atoms with Crippen LogP contribution in [0, 0.1) is 0 Å². The maximum atomic E-state index is 3.58. The van der Waals surface area contributed by atoms with Crippen molar-refractivity contribution in [2.24, 2.45) is 0 Å². The predicted octanol–water partition coefficient (Wildman–Crippen LogP) is 5.68. The van der Waals surface area contributed by atoms with Crippen molar-refractivity contribution in [3.63, 3.8) is 0 Å². The summed E-state index contributed by atoms with van der Waals surface area (Å²) in [6, 6.07) is 32.3. The molecule has 0 amide bonds. The van der Waals surface area contributed by atoms with Gasteiger partial charge in [-0.15, -0.1) is 0 Å². The van der Waals surface area contributed by atoms with E-state index in [4.69, 9.17) is 0 Å². The predicted molar refractivity (Wildman–Crippen MR) is 131 cm³/mol. The van der Waals surface area contributed by atoms with Gasteiger partial charge in [0.05, 0.1) is 18.1 Å². The van der Waals surface area contributed by atoms with E-state index in [2.05, 4.69) is 113 Å². The van der Waals surface area contributed by atoms with Crippen LogP contribution in [-0.2, 0) is 6.54 Å². The Kier molecular flexibility index (Phi) is 7.41. The van der Waals surface area contributed by atoms with Crippen LogP contribution in [-0.4, -0.2) is 36.1 Å². The molecular formula is C28H33N3. The summed E-state index contributed by atoms with van der Waals surface area (Å²) in [5, 5.41) is 3.58. The fraction of sp³-hybridized carbons (Fsp3) is 0.286. The lowest BCUT2D eigenvalue weighted by Gasteiger charge is -2.23. The molecule has 0 aromatic heterocycles. The van der Waals surface area contributed by atoms with Gasteiger partial charge in [0.25, 0.3) is 0 Å². The van der Waals surface area contributed by atoms with Crippen molar-refractivity contribution in [3.8, 4) is 0 Å². The molecule has 0 unspecified atom stereocenters. The zero-order valence-corrected chi connectivity index (χ0v) is 18.5. The Morgan fingerprint density at radius 2 is 1.23 bits per heavy atom. The zero-order chi connectivity index (χ0) is 21.3. The second-order valence-corrected chi connectivity index (χ2v) is 8.06. The molecule has 3 heteroatoms. The van der Waals surface area contributed by atoms with Crippen LogP contribution in [0.5, 0.6) is 0 Å². The third-order valence-electron chi connectivity index (χ3n) is 5.88. The average Bonchev–Trinajstić information content (AvgIpc) is 3.21. The number of hydrogen-bond donors (Lipinski definition) is 1. The lowest BCUT2D eigenvalue weighted by Crippen LogP contribution is -2.28. The van der Waals surface area contributed by atoms with E-state index in [0.717, 1.165) is 32.8 Å². The van der Waals surface area contributed by atoms with E-state index < -0.39 is 0 Å². The number of rotatable bonds is 10.